The van der Waals surface area contributed by atoms with Gasteiger partial charge in [-0.15, -0.1) is 0 Å². The summed E-state index contributed by atoms with van der Waals surface area (Å²) in [5.74, 6) is 0.551. The van der Waals surface area contributed by atoms with Gasteiger partial charge in [-0.1, -0.05) is 49.1 Å². The van der Waals surface area contributed by atoms with Crippen molar-refractivity contribution < 1.29 is 8.42 Å². The van der Waals surface area contributed by atoms with Crippen molar-refractivity contribution >= 4 is 20.9 Å². The Labute approximate surface area is 149 Å². The first kappa shape index (κ1) is 16.4. The molecule has 4 rings (SSSR count). The lowest BCUT2D eigenvalue weighted by Gasteiger charge is -2.22. The quantitative estimate of drug-likeness (QED) is 0.646. The Bertz CT molecular complexity index is 994. The fourth-order valence-electron chi connectivity index (χ4n) is 3.97. The lowest BCUT2D eigenvalue weighted by molar-refractivity contribution is 0.445. The summed E-state index contributed by atoms with van der Waals surface area (Å²) in [6.07, 6.45) is 7.96. The number of nitrogens with zero attached hydrogens (tertiary/aromatic N) is 1. The summed E-state index contributed by atoms with van der Waals surface area (Å²) in [5, 5.41) is 1.07. The van der Waals surface area contributed by atoms with Crippen molar-refractivity contribution in [1.82, 2.24) is 3.97 Å². The molecule has 0 N–H and O–H groups in total. The third-order valence-electron chi connectivity index (χ3n) is 5.35. The second-order valence-corrected chi connectivity index (χ2v) is 8.86. The predicted molar refractivity (Wildman–Crippen MR) is 102 cm³/mol. The first-order valence-electron chi connectivity index (χ1n) is 8.99. The molecular weight excluding hydrogens is 330 g/mol. The molecule has 1 heterocycles. The zero-order valence-corrected chi connectivity index (χ0v) is 15.3. The Morgan fingerprint density at radius 2 is 1.64 bits per heavy atom. The molecule has 2 aromatic carbocycles. The summed E-state index contributed by atoms with van der Waals surface area (Å²) in [7, 11) is -3.57. The van der Waals surface area contributed by atoms with Crippen LogP contribution in [0.4, 0.5) is 0 Å². The molecule has 0 saturated heterocycles. The van der Waals surface area contributed by atoms with Crippen molar-refractivity contribution in [3.8, 4) is 0 Å². The highest BCUT2D eigenvalue weighted by molar-refractivity contribution is 7.90. The number of fused-ring (bicyclic) bond motifs is 1. The maximum atomic E-state index is 13.1. The molecule has 3 nitrogen and oxygen atoms in total. The molecular formula is C21H23NO2S. The van der Waals surface area contributed by atoms with Crippen LogP contribution in [0.2, 0.25) is 0 Å². The standard InChI is InChI=1S/C21H23NO2S/c1-16-10-12-18(13-11-16)25(23,24)22-15-14-20-19(8-5-9-21(20)22)17-6-3-2-4-7-17/h5,8-15,17H,2-4,6-7H2,1H3. The van der Waals surface area contributed by atoms with Crippen LogP contribution >= 0.6 is 0 Å². The van der Waals surface area contributed by atoms with E-state index in [2.05, 4.69) is 6.07 Å². The molecule has 1 fully saturated rings. The van der Waals surface area contributed by atoms with E-state index in [4.69, 9.17) is 0 Å². The van der Waals surface area contributed by atoms with E-state index in [0.717, 1.165) is 16.5 Å². The maximum absolute atomic E-state index is 13.1. The van der Waals surface area contributed by atoms with E-state index in [1.165, 1.54) is 41.6 Å². The van der Waals surface area contributed by atoms with Gasteiger partial charge in [-0.05, 0) is 55.5 Å². The summed E-state index contributed by atoms with van der Waals surface area (Å²) in [6.45, 7) is 1.96. The van der Waals surface area contributed by atoms with Crippen molar-refractivity contribution in [2.24, 2.45) is 0 Å². The van der Waals surface area contributed by atoms with Crippen LogP contribution in [0, 0.1) is 6.92 Å². The van der Waals surface area contributed by atoms with E-state index in [1.807, 2.05) is 37.3 Å². The van der Waals surface area contributed by atoms with Crippen LogP contribution < -0.4 is 0 Å². The van der Waals surface area contributed by atoms with Gasteiger partial charge in [0.15, 0.2) is 0 Å². The number of aryl methyl sites for hydroxylation is 1. The lowest BCUT2D eigenvalue weighted by Crippen LogP contribution is -2.12. The zero-order valence-electron chi connectivity index (χ0n) is 14.5. The number of benzene rings is 2. The summed E-state index contributed by atoms with van der Waals surface area (Å²) in [5.41, 5.74) is 3.13. The summed E-state index contributed by atoms with van der Waals surface area (Å²) in [4.78, 5) is 0.332. The Morgan fingerprint density at radius 1 is 0.920 bits per heavy atom. The molecule has 130 valence electrons. The van der Waals surface area contributed by atoms with Gasteiger partial charge < -0.3 is 0 Å². The molecule has 0 radical (unpaired) electrons. The minimum absolute atomic E-state index is 0.332. The summed E-state index contributed by atoms with van der Waals surface area (Å²) < 4.78 is 27.6. The molecule has 0 amide bonds. The molecule has 0 atom stereocenters. The monoisotopic (exact) mass is 353 g/mol. The third kappa shape index (κ3) is 2.89. The fraction of sp³-hybridized carbons (Fsp3) is 0.333. The Morgan fingerprint density at radius 3 is 2.36 bits per heavy atom. The molecule has 1 aliphatic rings. The van der Waals surface area contributed by atoms with Gasteiger partial charge in [0.1, 0.15) is 0 Å². The van der Waals surface area contributed by atoms with Crippen molar-refractivity contribution in [2.45, 2.75) is 49.8 Å². The summed E-state index contributed by atoms with van der Waals surface area (Å²) in [6, 6.07) is 15.1. The van der Waals surface area contributed by atoms with Gasteiger partial charge in [-0.2, -0.15) is 0 Å². The average Bonchev–Trinajstić information content (AvgIpc) is 3.08. The van der Waals surface area contributed by atoms with E-state index < -0.39 is 10.0 Å². The van der Waals surface area contributed by atoms with E-state index in [-0.39, 0.29) is 0 Å². The average molecular weight is 353 g/mol. The van der Waals surface area contributed by atoms with Gasteiger partial charge in [0.05, 0.1) is 10.4 Å². The van der Waals surface area contributed by atoms with Crippen molar-refractivity contribution in [2.75, 3.05) is 0 Å². The van der Waals surface area contributed by atoms with Gasteiger partial charge in [0, 0.05) is 11.6 Å². The topological polar surface area (TPSA) is 39.1 Å². The molecule has 0 aliphatic heterocycles. The van der Waals surface area contributed by atoms with E-state index in [0.29, 0.717) is 10.8 Å². The van der Waals surface area contributed by atoms with Crippen LogP contribution in [-0.4, -0.2) is 12.4 Å². The highest BCUT2D eigenvalue weighted by Gasteiger charge is 2.22. The van der Waals surface area contributed by atoms with Crippen LogP contribution in [0.3, 0.4) is 0 Å². The molecule has 0 spiro atoms. The maximum Gasteiger partial charge on any atom is 0.268 e. The highest BCUT2D eigenvalue weighted by atomic mass is 32.2. The number of rotatable bonds is 3. The molecule has 1 saturated carbocycles. The smallest absolute Gasteiger partial charge is 0.241 e. The van der Waals surface area contributed by atoms with Gasteiger partial charge in [0.25, 0.3) is 10.0 Å². The Hall–Kier alpha value is -2.07. The van der Waals surface area contributed by atoms with Gasteiger partial charge in [0.2, 0.25) is 0 Å². The first-order chi connectivity index (χ1) is 12.1. The van der Waals surface area contributed by atoms with Crippen molar-refractivity contribution in [3.05, 3.63) is 65.9 Å². The summed E-state index contributed by atoms with van der Waals surface area (Å²) >= 11 is 0. The van der Waals surface area contributed by atoms with E-state index in [9.17, 15) is 8.42 Å². The van der Waals surface area contributed by atoms with Crippen molar-refractivity contribution in [1.29, 1.82) is 0 Å². The largest absolute Gasteiger partial charge is 0.268 e. The minimum Gasteiger partial charge on any atom is -0.241 e. The SMILES string of the molecule is Cc1ccc(S(=O)(=O)n2ccc3c(C4CCCCC4)cccc32)cc1. The second kappa shape index (κ2) is 6.34. The van der Waals surface area contributed by atoms with Gasteiger partial charge in [-0.25, -0.2) is 12.4 Å². The Balaban J connectivity index is 1.82. The number of hydrogen-bond donors (Lipinski definition) is 0. The lowest BCUT2D eigenvalue weighted by atomic mass is 9.83. The zero-order chi connectivity index (χ0) is 17.4. The number of hydrogen-bond acceptors (Lipinski definition) is 2. The molecule has 25 heavy (non-hydrogen) atoms. The van der Waals surface area contributed by atoms with Gasteiger partial charge >= 0.3 is 0 Å². The van der Waals surface area contributed by atoms with Crippen LogP contribution in [0.5, 0.6) is 0 Å². The van der Waals surface area contributed by atoms with Crippen LogP contribution in [0.1, 0.15) is 49.1 Å². The second-order valence-electron chi connectivity index (χ2n) is 7.04. The fourth-order valence-corrected chi connectivity index (χ4v) is 5.32. The normalized spacial score (nSPS) is 16.4. The molecule has 0 unspecified atom stereocenters. The molecule has 0 bridgehead atoms. The van der Waals surface area contributed by atoms with Crippen LogP contribution in [0.15, 0.2) is 59.6 Å². The van der Waals surface area contributed by atoms with E-state index in [1.54, 1.807) is 18.3 Å². The molecule has 1 aliphatic carbocycles. The minimum atomic E-state index is -3.57. The highest BCUT2D eigenvalue weighted by Crippen LogP contribution is 2.37. The number of aromatic nitrogens is 1. The van der Waals surface area contributed by atoms with Crippen LogP contribution in [0.25, 0.3) is 10.9 Å². The van der Waals surface area contributed by atoms with E-state index >= 15 is 0 Å². The molecule has 1 aromatic heterocycles. The molecule has 3 aromatic rings. The third-order valence-corrected chi connectivity index (χ3v) is 7.06. The first-order valence-corrected chi connectivity index (χ1v) is 10.4. The molecule has 4 heteroatoms. The Kier molecular flexibility index (Phi) is 4.16. The van der Waals surface area contributed by atoms with Gasteiger partial charge in [-0.3, -0.25) is 0 Å². The van der Waals surface area contributed by atoms with Crippen molar-refractivity contribution in [3.63, 3.8) is 0 Å². The predicted octanol–water partition coefficient (Wildman–Crippen LogP) is 5.23. The van der Waals surface area contributed by atoms with Crippen LogP contribution in [-0.2, 0) is 10.0 Å².